The fourth-order valence-electron chi connectivity index (χ4n) is 2.02. The van der Waals surface area contributed by atoms with Gasteiger partial charge in [-0.15, -0.1) is 0 Å². The minimum absolute atomic E-state index is 0.430. The van der Waals surface area contributed by atoms with Crippen molar-refractivity contribution in [2.75, 3.05) is 13.2 Å². The highest BCUT2D eigenvalue weighted by atomic mass is 79.9. The van der Waals surface area contributed by atoms with Crippen LogP contribution in [0.15, 0.2) is 33.7 Å². The van der Waals surface area contributed by atoms with Gasteiger partial charge < -0.3 is 4.74 Å². The lowest BCUT2D eigenvalue weighted by molar-refractivity contribution is 0.0531. The Balaban J connectivity index is 2.38. The first-order chi connectivity index (χ1) is 7.77. The van der Waals surface area contributed by atoms with E-state index in [1.807, 2.05) is 24.3 Å². The highest BCUT2D eigenvalue weighted by molar-refractivity contribution is 9.10. The van der Waals surface area contributed by atoms with Crippen LogP contribution in [0.2, 0.25) is 0 Å². The summed E-state index contributed by atoms with van der Waals surface area (Å²) in [5.41, 5.74) is 0.628. The van der Waals surface area contributed by atoms with Crippen molar-refractivity contribution in [1.82, 2.24) is 0 Å². The van der Waals surface area contributed by atoms with Crippen LogP contribution in [0.25, 0.3) is 0 Å². The van der Waals surface area contributed by atoms with Gasteiger partial charge in [0.1, 0.15) is 5.54 Å². The molecule has 84 valence electrons. The molecule has 16 heavy (non-hydrogen) atoms. The minimum atomic E-state index is -0.430. The zero-order valence-corrected chi connectivity index (χ0v) is 10.4. The maximum Gasteiger partial charge on any atom is 0.235 e. The largest absolute Gasteiger partial charge is 0.381 e. The van der Waals surface area contributed by atoms with Crippen molar-refractivity contribution in [3.05, 3.63) is 34.3 Å². The molecule has 1 aliphatic heterocycles. The van der Waals surface area contributed by atoms with Gasteiger partial charge in [-0.25, -0.2) is 4.79 Å². The smallest absolute Gasteiger partial charge is 0.235 e. The molecule has 0 unspecified atom stereocenters. The summed E-state index contributed by atoms with van der Waals surface area (Å²) in [4.78, 5) is 14.6. The summed E-state index contributed by atoms with van der Waals surface area (Å²) in [5.74, 6) is 0. The molecule has 0 saturated carbocycles. The lowest BCUT2D eigenvalue weighted by Crippen LogP contribution is -2.31. The van der Waals surface area contributed by atoms with E-state index in [1.54, 1.807) is 6.08 Å². The van der Waals surface area contributed by atoms with Gasteiger partial charge in [0.25, 0.3) is 0 Å². The van der Waals surface area contributed by atoms with E-state index in [2.05, 4.69) is 20.9 Å². The molecule has 4 heteroatoms. The number of ether oxygens (including phenoxy) is 1. The Bertz CT molecular complexity index is 404. The average molecular weight is 282 g/mol. The molecule has 0 N–H and O–H groups in total. The quantitative estimate of drug-likeness (QED) is 0.618. The van der Waals surface area contributed by atoms with Crippen LogP contribution < -0.4 is 0 Å². The van der Waals surface area contributed by atoms with Crippen LogP contribution in [0.3, 0.4) is 0 Å². The third-order valence-electron chi connectivity index (χ3n) is 2.96. The Morgan fingerprint density at radius 3 is 2.44 bits per heavy atom. The third-order valence-corrected chi connectivity index (χ3v) is 3.49. The number of nitrogens with zero attached hydrogens (tertiary/aromatic N) is 1. The number of hydrogen-bond donors (Lipinski definition) is 0. The summed E-state index contributed by atoms with van der Waals surface area (Å²) in [6.07, 6.45) is 3.18. The van der Waals surface area contributed by atoms with Gasteiger partial charge in [0.2, 0.25) is 6.08 Å². The highest BCUT2D eigenvalue weighted by Crippen LogP contribution is 2.36. The maximum absolute atomic E-state index is 10.6. The van der Waals surface area contributed by atoms with E-state index in [1.165, 1.54) is 0 Å². The maximum atomic E-state index is 10.6. The predicted octanol–water partition coefficient (Wildman–Crippen LogP) is 2.79. The molecular formula is C12H12BrNO2. The Hall–Kier alpha value is -0.960. The molecule has 1 heterocycles. The van der Waals surface area contributed by atoms with Crippen LogP contribution in [-0.2, 0) is 15.1 Å². The zero-order chi connectivity index (χ0) is 11.4. The number of halogens is 1. The van der Waals surface area contributed by atoms with Crippen LogP contribution in [0.5, 0.6) is 0 Å². The molecule has 0 aromatic heterocycles. The highest BCUT2D eigenvalue weighted by Gasteiger charge is 2.34. The van der Waals surface area contributed by atoms with Gasteiger partial charge in [0.05, 0.1) is 0 Å². The number of carbonyl (C=O) groups excluding carboxylic acids is 1. The van der Waals surface area contributed by atoms with E-state index in [0.29, 0.717) is 13.2 Å². The number of benzene rings is 1. The van der Waals surface area contributed by atoms with Crippen molar-refractivity contribution in [2.24, 2.45) is 4.99 Å². The van der Waals surface area contributed by atoms with Crippen LogP contribution in [-0.4, -0.2) is 19.3 Å². The van der Waals surface area contributed by atoms with E-state index < -0.39 is 5.54 Å². The number of aliphatic imine (C=N–C) groups is 1. The SMILES string of the molecule is O=C=NC1(c2ccc(Br)cc2)CCOCC1. The zero-order valence-electron chi connectivity index (χ0n) is 8.78. The number of rotatable bonds is 2. The summed E-state index contributed by atoms with van der Waals surface area (Å²) in [6.45, 7) is 1.28. The second-order valence-corrected chi connectivity index (χ2v) is 4.77. The molecule has 3 nitrogen and oxygen atoms in total. The first-order valence-electron chi connectivity index (χ1n) is 5.20. The molecule has 0 aliphatic carbocycles. The Morgan fingerprint density at radius 1 is 1.25 bits per heavy atom. The molecule has 0 amide bonds. The van der Waals surface area contributed by atoms with Crippen molar-refractivity contribution in [1.29, 1.82) is 0 Å². The van der Waals surface area contributed by atoms with Crippen molar-refractivity contribution in [2.45, 2.75) is 18.4 Å². The van der Waals surface area contributed by atoms with E-state index in [4.69, 9.17) is 4.74 Å². The van der Waals surface area contributed by atoms with Crippen LogP contribution >= 0.6 is 15.9 Å². The van der Waals surface area contributed by atoms with Gasteiger partial charge >= 0.3 is 0 Å². The number of hydrogen-bond acceptors (Lipinski definition) is 3. The van der Waals surface area contributed by atoms with Gasteiger partial charge in [0.15, 0.2) is 0 Å². The summed E-state index contributed by atoms with van der Waals surface area (Å²) < 4.78 is 6.34. The van der Waals surface area contributed by atoms with Crippen LogP contribution in [0, 0.1) is 0 Å². The second-order valence-electron chi connectivity index (χ2n) is 3.85. The lowest BCUT2D eigenvalue weighted by Gasteiger charge is -2.32. The molecule has 0 radical (unpaired) electrons. The Kier molecular flexibility index (Phi) is 3.54. The van der Waals surface area contributed by atoms with E-state index in [-0.39, 0.29) is 0 Å². The summed E-state index contributed by atoms with van der Waals surface area (Å²) >= 11 is 3.39. The molecule has 0 spiro atoms. The topological polar surface area (TPSA) is 38.7 Å². The molecule has 1 fully saturated rings. The van der Waals surface area contributed by atoms with Crippen molar-refractivity contribution in [3.8, 4) is 0 Å². The number of isocyanates is 1. The minimum Gasteiger partial charge on any atom is -0.381 e. The Labute approximate surface area is 103 Å². The van der Waals surface area contributed by atoms with E-state index in [0.717, 1.165) is 22.9 Å². The molecular weight excluding hydrogens is 270 g/mol. The summed E-state index contributed by atoms with van der Waals surface area (Å²) in [5, 5.41) is 0. The van der Waals surface area contributed by atoms with Crippen molar-refractivity contribution in [3.63, 3.8) is 0 Å². The fourth-order valence-corrected chi connectivity index (χ4v) is 2.29. The van der Waals surface area contributed by atoms with Crippen LogP contribution in [0.1, 0.15) is 18.4 Å². The van der Waals surface area contributed by atoms with Gasteiger partial charge in [-0.3, -0.25) is 0 Å². The average Bonchev–Trinajstić information content (AvgIpc) is 2.31. The first-order valence-corrected chi connectivity index (χ1v) is 5.99. The molecule has 1 aromatic rings. The molecule has 1 aliphatic rings. The van der Waals surface area contributed by atoms with Crippen molar-refractivity contribution < 1.29 is 9.53 Å². The molecule has 0 bridgehead atoms. The van der Waals surface area contributed by atoms with Crippen molar-refractivity contribution >= 4 is 22.0 Å². The van der Waals surface area contributed by atoms with Gasteiger partial charge in [-0.2, -0.15) is 4.99 Å². The molecule has 1 aromatic carbocycles. The van der Waals surface area contributed by atoms with E-state index in [9.17, 15) is 4.79 Å². The standard InChI is InChI=1S/C12H12BrNO2/c13-11-3-1-10(2-4-11)12(14-9-15)5-7-16-8-6-12/h1-4H,5-8H2. The first kappa shape index (κ1) is 11.5. The fraction of sp³-hybridized carbons (Fsp3) is 0.417. The molecule has 0 atom stereocenters. The molecule has 2 rings (SSSR count). The Morgan fingerprint density at radius 2 is 1.88 bits per heavy atom. The molecule has 1 saturated heterocycles. The lowest BCUT2D eigenvalue weighted by atomic mass is 9.83. The monoisotopic (exact) mass is 281 g/mol. The van der Waals surface area contributed by atoms with Gasteiger partial charge in [-0.1, -0.05) is 28.1 Å². The van der Waals surface area contributed by atoms with Gasteiger partial charge in [0, 0.05) is 30.5 Å². The summed E-state index contributed by atoms with van der Waals surface area (Å²) in [7, 11) is 0. The summed E-state index contributed by atoms with van der Waals surface area (Å²) in [6, 6.07) is 7.92. The second kappa shape index (κ2) is 4.91. The van der Waals surface area contributed by atoms with E-state index >= 15 is 0 Å². The predicted molar refractivity (Wildman–Crippen MR) is 64.0 cm³/mol. The van der Waals surface area contributed by atoms with Crippen LogP contribution in [0.4, 0.5) is 0 Å². The normalized spacial score (nSPS) is 18.8. The third kappa shape index (κ3) is 2.24. The van der Waals surface area contributed by atoms with Gasteiger partial charge in [-0.05, 0) is 17.7 Å².